The molecule has 0 spiro atoms. The summed E-state index contributed by atoms with van der Waals surface area (Å²) in [6, 6.07) is 5.91. The zero-order valence-corrected chi connectivity index (χ0v) is 11.7. The second-order valence-electron chi connectivity index (χ2n) is 4.79. The van der Waals surface area contributed by atoms with Crippen LogP contribution in [0.2, 0.25) is 0 Å². The van der Waals surface area contributed by atoms with Crippen LogP contribution < -0.4 is 5.69 Å². The number of hydrogen-bond donors (Lipinski definition) is 1. The number of H-pyrrole nitrogens is 1. The Hall–Kier alpha value is -1.07. The van der Waals surface area contributed by atoms with E-state index in [1.807, 2.05) is 22.8 Å². The Morgan fingerprint density at radius 2 is 2.00 bits per heavy atom. The largest absolute Gasteiger partial charge is 0.326 e. The van der Waals surface area contributed by atoms with Crippen molar-refractivity contribution >= 4 is 27.0 Å². The molecular formula is C13H16BrN3O. The first-order valence-electron chi connectivity index (χ1n) is 6.34. The fourth-order valence-corrected chi connectivity index (χ4v) is 2.97. The molecule has 1 aliphatic heterocycles. The second kappa shape index (κ2) is 4.90. The zero-order valence-electron chi connectivity index (χ0n) is 10.2. The van der Waals surface area contributed by atoms with Gasteiger partial charge < -0.3 is 9.88 Å². The van der Waals surface area contributed by atoms with Crippen LogP contribution in [0.1, 0.15) is 12.8 Å². The van der Waals surface area contributed by atoms with E-state index in [1.165, 1.54) is 25.9 Å². The van der Waals surface area contributed by atoms with Crippen molar-refractivity contribution in [1.82, 2.24) is 14.5 Å². The van der Waals surface area contributed by atoms with E-state index in [-0.39, 0.29) is 5.69 Å². The van der Waals surface area contributed by atoms with Gasteiger partial charge in [-0.15, -0.1) is 0 Å². The van der Waals surface area contributed by atoms with Crippen molar-refractivity contribution in [2.45, 2.75) is 19.4 Å². The monoisotopic (exact) mass is 309 g/mol. The van der Waals surface area contributed by atoms with Crippen LogP contribution in [-0.4, -0.2) is 34.1 Å². The molecule has 0 radical (unpaired) electrons. The van der Waals surface area contributed by atoms with Gasteiger partial charge >= 0.3 is 5.69 Å². The molecule has 0 saturated carbocycles. The molecule has 96 valence electrons. The summed E-state index contributed by atoms with van der Waals surface area (Å²) >= 11 is 3.42. The number of aromatic nitrogens is 2. The molecule has 3 rings (SSSR count). The quantitative estimate of drug-likeness (QED) is 0.944. The lowest BCUT2D eigenvalue weighted by Gasteiger charge is -2.14. The maximum Gasteiger partial charge on any atom is 0.326 e. The molecule has 2 aromatic rings. The Morgan fingerprint density at radius 3 is 2.78 bits per heavy atom. The molecule has 1 aromatic carbocycles. The average Bonchev–Trinajstić information content (AvgIpc) is 2.93. The van der Waals surface area contributed by atoms with Crippen LogP contribution in [0.15, 0.2) is 27.5 Å². The van der Waals surface area contributed by atoms with E-state index in [0.717, 1.165) is 28.6 Å². The molecule has 0 atom stereocenters. The number of likely N-dealkylation sites (tertiary alicyclic amines) is 1. The molecule has 1 saturated heterocycles. The van der Waals surface area contributed by atoms with Gasteiger partial charge in [-0.25, -0.2) is 4.79 Å². The minimum Gasteiger partial charge on any atom is -0.305 e. The molecule has 1 aliphatic rings. The first kappa shape index (κ1) is 12.0. The van der Waals surface area contributed by atoms with Crippen LogP contribution in [0.3, 0.4) is 0 Å². The number of nitrogens with zero attached hydrogens (tertiary/aromatic N) is 2. The van der Waals surface area contributed by atoms with Gasteiger partial charge in [0, 0.05) is 17.6 Å². The van der Waals surface area contributed by atoms with E-state index in [9.17, 15) is 4.79 Å². The molecule has 0 aliphatic carbocycles. The molecule has 2 heterocycles. The Morgan fingerprint density at radius 1 is 1.22 bits per heavy atom. The number of fused-ring (bicyclic) bond motifs is 1. The minimum atomic E-state index is -0.0118. The van der Waals surface area contributed by atoms with Crippen molar-refractivity contribution in [3.63, 3.8) is 0 Å². The average molecular weight is 310 g/mol. The number of hydrogen-bond acceptors (Lipinski definition) is 2. The summed E-state index contributed by atoms with van der Waals surface area (Å²) in [5, 5.41) is 0. The summed E-state index contributed by atoms with van der Waals surface area (Å²) < 4.78 is 2.82. The molecule has 5 heteroatoms. The van der Waals surface area contributed by atoms with Gasteiger partial charge in [0.2, 0.25) is 0 Å². The molecule has 1 aromatic heterocycles. The normalized spacial score (nSPS) is 16.7. The number of benzene rings is 1. The molecule has 1 fully saturated rings. The number of halogens is 1. The van der Waals surface area contributed by atoms with Gasteiger partial charge in [-0.2, -0.15) is 0 Å². The Kier molecular flexibility index (Phi) is 3.26. The highest BCUT2D eigenvalue weighted by Gasteiger charge is 2.13. The number of rotatable bonds is 3. The van der Waals surface area contributed by atoms with E-state index in [0.29, 0.717) is 0 Å². The Labute approximate surface area is 114 Å². The van der Waals surface area contributed by atoms with Crippen molar-refractivity contribution in [2.75, 3.05) is 19.6 Å². The molecular weight excluding hydrogens is 294 g/mol. The third-order valence-corrected chi connectivity index (χ3v) is 4.07. The van der Waals surface area contributed by atoms with Crippen molar-refractivity contribution < 1.29 is 0 Å². The zero-order chi connectivity index (χ0) is 12.5. The van der Waals surface area contributed by atoms with Crippen molar-refractivity contribution in [3.05, 3.63) is 33.2 Å². The summed E-state index contributed by atoms with van der Waals surface area (Å²) in [5.74, 6) is 0. The maximum atomic E-state index is 11.9. The van der Waals surface area contributed by atoms with Crippen LogP contribution in [0, 0.1) is 0 Å². The predicted octanol–water partition coefficient (Wildman–Crippen LogP) is 2.19. The smallest absolute Gasteiger partial charge is 0.305 e. The third kappa shape index (κ3) is 2.24. The van der Waals surface area contributed by atoms with E-state index >= 15 is 0 Å². The van der Waals surface area contributed by atoms with E-state index in [2.05, 4.69) is 25.8 Å². The minimum absolute atomic E-state index is 0.0118. The summed E-state index contributed by atoms with van der Waals surface area (Å²) in [6.07, 6.45) is 2.57. The van der Waals surface area contributed by atoms with E-state index in [4.69, 9.17) is 0 Å². The van der Waals surface area contributed by atoms with Gasteiger partial charge in [-0.1, -0.05) is 15.9 Å². The van der Waals surface area contributed by atoms with Crippen LogP contribution in [0.5, 0.6) is 0 Å². The van der Waals surface area contributed by atoms with Crippen LogP contribution in [-0.2, 0) is 6.54 Å². The van der Waals surface area contributed by atoms with E-state index < -0.39 is 0 Å². The second-order valence-corrected chi connectivity index (χ2v) is 5.71. The fraction of sp³-hybridized carbons (Fsp3) is 0.462. The first-order valence-corrected chi connectivity index (χ1v) is 7.14. The van der Waals surface area contributed by atoms with Gasteiger partial charge in [-0.05, 0) is 44.1 Å². The highest BCUT2D eigenvalue weighted by molar-refractivity contribution is 9.10. The summed E-state index contributed by atoms with van der Waals surface area (Å²) in [5.41, 5.74) is 1.88. The topological polar surface area (TPSA) is 41.0 Å². The van der Waals surface area contributed by atoms with Crippen LogP contribution in [0.25, 0.3) is 11.0 Å². The molecule has 18 heavy (non-hydrogen) atoms. The van der Waals surface area contributed by atoms with Crippen molar-refractivity contribution in [2.24, 2.45) is 0 Å². The van der Waals surface area contributed by atoms with Crippen LogP contribution in [0.4, 0.5) is 0 Å². The third-order valence-electron chi connectivity index (χ3n) is 3.57. The molecule has 1 N–H and O–H groups in total. The highest BCUT2D eigenvalue weighted by Crippen LogP contribution is 2.17. The van der Waals surface area contributed by atoms with Crippen molar-refractivity contribution in [1.29, 1.82) is 0 Å². The molecule has 0 amide bonds. The standard InChI is InChI=1S/C13H16BrN3O/c14-10-3-4-12-11(9-10)15-13(18)17(12)8-7-16-5-1-2-6-16/h3-4,9H,1-2,5-8H2,(H,15,18). The number of nitrogens with one attached hydrogen (secondary N) is 1. The van der Waals surface area contributed by atoms with Crippen molar-refractivity contribution in [3.8, 4) is 0 Å². The highest BCUT2D eigenvalue weighted by atomic mass is 79.9. The molecule has 4 nitrogen and oxygen atoms in total. The molecule has 0 unspecified atom stereocenters. The summed E-state index contributed by atoms with van der Waals surface area (Å²) in [7, 11) is 0. The van der Waals surface area contributed by atoms with E-state index in [1.54, 1.807) is 0 Å². The van der Waals surface area contributed by atoms with Crippen LogP contribution >= 0.6 is 15.9 Å². The number of aromatic amines is 1. The van der Waals surface area contributed by atoms with Gasteiger partial charge in [-0.3, -0.25) is 4.57 Å². The SMILES string of the molecule is O=c1[nH]c2cc(Br)ccc2n1CCN1CCCC1. The van der Waals surface area contributed by atoms with Gasteiger partial charge in [0.05, 0.1) is 11.0 Å². The van der Waals surface area contributed by atoms with Gasteiger partial charge in [0.25, 0.3) is 0 Å². The molecule has 0 bridgehead atoms. The predicted molar refractivity (Wildman–Crippen MR) is 75.9 cm³/mol. The summed E-state index contributed by atoms with van der Waals surface area (Å²) in [4.78, 5) is 17.3. The van der Waals surface area contributed by atoms with Gasteiger partial charge in [0.15, 0.2) is 0 Å². The fourth-order valence-electron chi connectivity index (χ4n) is 2.61. The Bertz CT molecular complexity index is 610. The number of imidazole rings is 1. The maximum absolute atomic E-state index is 11.9. The Balaban J connectivity index is 1.86. The lowest BCUT2D eigenvalue weighted by Crippen LogP contribution is -2.28. The van der Waals surface area contributed by atoms with Gasteiger partial charge in [0.1, 0.15) is 0 Å². The summed E-state index contributed by atoms with van der Waals surface area (Å²) in [6.45, 7) is 4.06. The first-order chi connectivity index (χ1) is 8.74. The lowest BCUT2D eigenvalue weighted by atomic mass is 10.3. The lowest BCUT2D eigenvalue weighted by molar-refractivity contribution is 0.322.